The summed E-state index contributed by atoms with van der Waals surface area (Å²) in [6.07, 6.45) is 1.52. The lowest BCUT2D eigenvalue weighted by molar-refractivity contribution is 0.102. The minimum atomic E-state index is -0.213. The highest BCUT2D eigenvalue weighted by molar-refractivity contribution is 7.99. The molecule has 0 saturated carbocycles. The summed E-state index contributed by atoms with van der Waals surface area (Å²) < 4.78 is 0. The van der Waals surface area contributed by atoms with Crippen molar-refractivity contribution in [3.05, 3.63) is 83.6 Å². The molecular formula is C18H13ClN2OS. The van der Waals surface area contributed by atoms with E-state index in [0.29, 0.717) is 10.7 Å². The molecule has 0 unspecified atom stereocenters. The number of benzene rings is 2. The van der Waals surface area contributed by atoms with E-state index in [1.165, 1.54) is 6.20 Å². The smallest absolute Gasteiger partial charge is 0.255 e. The summed E-state index contributed by atoms with van der Waals surface area (Å²) in [6, 6.07) is 20.9. The number of rotatable bonds is 4. The van der Waals surface area contributed by atoms with Gasteiger partial charge in [0, 0.05) is 21.6 Å². The molecule has 0 saturated heterocycles. The first-order chi connectivity index (χ1) is 11.2. The average molecular weight is 341 g/mol. The molecule has 0 bridgehead atoms. The first kappa shape index (κ1) is 15.6. The molecule has 3 nitrogen and oxygen atoms in total. The summed E-state index contributed by atoms with van der Waals surface area (Å²) in [5.74, 6) is -0.213. The van der Waals surface area contributed by atoms with Crippen LogP contribution in [-0.4, -0.2) is 10.9 Å². The number of anilines is 1. The lowest BCUT2D eigenvalue weighted by atomic mass is 10.2. The number of para-hydroxylation sites is 1. The Hall–Kier alpha value is -2.30. The van der Waals surface area contributed by atoms with Crippen molar-refractivity contribution < 1.29 is 4.79 Å². The summed E-state index contributed by atoms with van der Waals surface area (Å²) in [7, 11) is 0. The van der Waals surface area contributed by atoms with Gasteiger partial charge >= 0.3 is 0 Å². The molecule has 0 aliphatic rings. The Morgan fingerprint density at radius 3 is 2.52 bits per heavy atom. The van der Waals surface area contributed by atoms with Crippen LogP contribution in [0.2, 0.25) is 5.15 Å². The van der Waals surface area contributed by atoms with Gasteiger partial charge in [0.25, 0.3) is 5.91 Å². The molecule has 23 heavy (non-hydrogen) atoms. The van der Waals surface area contributed by atoms with Crippen molar-refractivity contribution >= 4 is 35.0 Å². The Morgan fingerprint density at radius 2 is 1.74 bits per heavy atom. The quantitative estimate of drug-likeness (QED) is 0.669. The third-order valence-electron chi connectivity index (χ3n) is 3.10. The molecule has 0 radical (unpaired) electrons. The second kappa shape index (κ2) is 7.31. The molecular weight excluding hydrogens is 328 g/mol. The number of aromatic nitrogens is 1. The molecule has 1 N–H and O–H groups in total. The number of hydrogen-bond donors (Lipinski definition) is 1. The van der Waals surface area contributed by atoms with Crippen LogP contribution in [0.4, 0.5) is 5.69 Å². The van der Waals surface area contributed by atoms with E-state index < -0.39 is 0 Å². The molecule has 0 aliphatic carbocycles. The van der Waals surface area contributed by atoms with Gasteiger partial charge in [-0.2, -0.15) is 0 Å². The predicted molar refractivity (Wildman–Crippen MR) is 94.2 cm³/mol. The van der Waals surface area contributed by atoms with Gasteiger partial charge in [0.05, 0.1) is 5.69 Å². The van der Waals surface area contributed by atoms with Crippen molar-refractivity contribution in [1.82, 2.24) is 4.98 Å². The molecule has 1 aromatic heterocycles. The third kappa shape index (κ3) is 4.12. The van der Waals surface area contributed by atoms with Crippen molar-refractivity contribution in [1.29, 1.82) is 0 Å². The van der Waals surface area contributed by atoms with Gasteiger partial charge in [0.2, 0.25) is 0 Å². The zero-order valence-electron chi connectivity index (χ0n) is 12.1. The van der Waals surface area contributed by atoms with Crippen molar-refractivity contribution in [3.8, 4) is 0 Å². The largest absolute Gasteiger partial charge is 0.321 e. The second-order valence-corrected chi connectivity index (χ2v) is 6.24. The SMILES string of the molecule is O=C(Nc1ccccc1Sc1ccccc1)c1ccnc(Cl)c1. The Bertz CT molecular complexity index is 824. The van der Waals surface area contributed by atoms with Crippen LogP contribution >= 0.6 is 23.4 Å². The topological polar surface area (TPSA) is 42.0 Å². The van der Waals surface area contributed by atoms with Crippen molar-refractivity contribution in [2.45, 2.75) is 9.79 Å². The number of nitrogens with one attached hydrogen (secondary N) is 1. The molecule has 0 spiro atoms. The van der Waals surface area contributed by atoms with Gasteiger partial charge in [0.15, 0.2) is 0 Å². The van der Waals surface area contributed by atoms with Crippen molar-refractivity contribution in [3.63, 3.8) is 0 Å². The van der Waals surface area contributed by atoms with Gasteiger partial charge in [-0.15, -0.1) is 0 Å². The molecule has 3 rings (SSSR count). The molecule has 2 aromatic carbocycles. The molecule has 1 amide bonds. The predicted octanol–water partition coefficient (Wildman–Crippen LogP) is 5.14. The van der Waals surface area contributed by atoms with Crippen LogP contribution in [0.5, 0.6) is 0 Å². The highest BCUT2D eigenvalue weighted by Gasteiger charge is 2.10. The van der Waals surface area contributed by atoms with E-state index in [2.05, 4.69) is 10.3 Å². The molecule has 3 aromatic rings. The molecule has 0 aliphatic heterocycles. The maximum absolute atomic E-state index is 12.4. The summed E-state index contributed by atoms with van der Waals surface area (Å²) in [6.45, 7) is 0. The molecule has 0 atom stereocenters. The number of halogens is 1. The van der Waals surface area contributed by atoms with Gasteiger partial charge in [-0.1, -0.05) is 53.7 Å². The van der Waals surface area contributed by atoms with Crippen molar-refractivity contribution in [2.75, 3.05) is 5.32 Å². The van der Waals surface area contributed by atoms with Crippen LogP contribution < -0.4 is 5.32 Å². The summed E-state index contributed by atoms with van der Waals surface area (Å²) in [5.41, 5.74) is 1.24. The van der Waals surface area contributed by atoms with Crippen LogP contribution in [0, 0.1) is 0 Å². The van der Waals surface area contributed by atoms with Gasteiger partial charge < -0.3 is 5.32 Å². The highest BCUT2D eigenvalue weighted by atomic mass is 35.5. The lowest BCUT2D eigenvalue weighted by Crippen LogP contribution is -2.12. The zero-order chi connectivity index (χ0) is 16.1. The fourth-order valence-corrected chi connectivity index (χ4v) is 3.11. The Kier molecular flexibility index (Phi) is 4.95. The number of amides is 1. The first-order valence-electron chi connectivity index (χ1n) is 6.97. The van der Waals surface area contributed by atoms with E-state index >= 15 is 0 Å². The number of pyridine rings is 1. The fourth-order valence-electron chi connectivity index (χ4n) is 2.01. The van der Waals surface area contributed by atoms with Gasteiger partial charge in [-0.3, -0.25) is 4.79 Å². The molecule has 114 valence electrons. The average Bonchev–Trinajstić information content (AvgIpc) is 2.57. The summed E-state index contributed by atoms with van der Waals surface area (Å²) >= 11 is 7.44. The number of carbonyl (C=O) groups excluding carboxylic acids is 1. The zero-order valence-corrected chi connectivity index (χ0v) is 13.6. The Labute approximate surface area is 143 Å². The summed E-state index contributed by atoms with van der Waals surface area (Å²) in [5, 5.41) is 3.22. The maximum atomic E-state index is 12.4. The second-order valence-electron chi connectivity index (χ2n) is 4.73. The Morgan fingerprint density at radius 1 is 1.00 bits per heavy atom. The molecule has 0 fully saturated rings. The fraction of sp³-hybridized carbons (Fsp3) is 0. The van der Waals surface area contributed by atoms with Crippen LogP contribution in [0.3, 0.4) is 0 Å². The van der Waals surface area contributed by atoms with Crippen LogP contribution in [-0.2, 0) is 0 Å². The summed E-state index contributed by atoms with van der Waals surface area (Å²) in [4.78, 5) is 18.3. The van der Waals surface area contributed by atoms with Crippen LogP contribution in [0.25, 0.3) is 0 Å². The minimum absolute atomic E-state index is 0.213. The van der Waals surface area contributed by atoms with E-state index in [4.69, 9.17) is 11.6 Å². The molecule has 1 heterocycles. The first-order valence-corrected chi connectivity index (χ1v) is 8.17. The normalized spacial score (nSPS) is 10.3. The number of carbonyl (C=O) groups is 1. The minimum Gasteiger partial charge on any atom is -0.321 e. The third-order valence-corrected chi connectivity index (χ3v) is 4.39. The maximum Gasteiger partial charge on any atom is 0.255 e. The lowest BCUT2D eigenvalue weighted by Gasteiger charge is -2.11. The van der Waals surface area contributed by atoms with Crippen LogP contribution in [0.1, 0.15) is 10.4 Å². The standard InChI is InChI=1S/C18H13ClN2OS/c19-17-12-13(10-11-20-17)18(22)21-15-8-4-5-9-16(15)23-14-6-2-1-3-7-14/h1-12H,(H,21,22). The molecule has 5 heteroatoms. The van der Waals surface area contributed by atoms with E-state index in [-0.39, 0.29) is 5.91 Å². The van der Waals surface area contributed by atoms with E-state index in [0.717, 1.165) is 15.5 Å². The van der Waals surface area contributed by atoms with Gasteiger partial charge in [0.1, 0.15) is 5.15 Å². The van der Waals surface area contributed by atoms with Gasteiger partial charge in [-0.05, 0) is 36.4 Å². The van der Waals surface area contributed by atoms with Gasteiger partial charge in [-0.25, -0.2) is 4.98 Å². The van der Waals surface area contributed by atoms with Crippen molar-refractivity contribution in [2.24, 2.45) is 0 Å². The van der Waals surface area contributed by atoms with E-state index in [9.17, 15) is 4.79 Å². The monoisotopic (exact) mass is 340 g/mol. The number of hydrogen-bond acceptors (Lipinski definition) is 3. The van der Waals surface area contributed by atoms with E-state index in [1.807, 2.05) is 54.6 Å². The van der Waals surface area contributed by atoms with E-state index in [1.54, 1.807) is 23.9 Å². The highest BCUT2D eigenvalue weighted by Crippen LogP contribution is 2.33. The Balaban J connectivity index is 1.82. The van der Waals surface area contributed by atoms with Crippen LogP contribution in [0.15, 0.2) is 82.7 Å². The number of nitrogens with zero attached hydrogens (tertiary/aromatic N) is 1.